The van der Waals surface area contributed by atoms with Gasteiger partial charge in [-0.2, -0.15) is 14.4 Å². The van der Waals surface area contributed by atoms with E-state index in [-0.39, 0.29) is 16.5 Å². The molecule has 0 aliphatic heterocycles. The van der Waals surface area contributed by atoms with E-state index in [2.05, 4.69) is 9.97 Å². The second-order valence-corrected chi connectivity index (χ2v) is 5.01. The van der Waals surface area contributed by atoms with E-state index >= 15 is 0 Å². The Hall–Kier alpha value is -2.75. The topological polar surface area (TPSA) is 69.3 Å². The van der Waals surface area contributed by atoms with Crippen LogP contribution in [0.2, 0.25) is 5.02 Å². The van der Waals surface area contributed by atoms with Crippen molar-refractivity contribution in [1.82, 2.24) is 18.9 Å². The van der Waals surface area contributed by atoms with E-state index in [9.17, 15) is 27.2 Å². The van der Waals surface area contributed by atoms with Crippen molar-refractivity contribution in [3.05, 3.63) is 67.7 Å². The standard InChI is InChI=1S/C13H7ClF2N4O2.CH2F2/c1-6-2-9(8(15)3-7(6)14)20-11(21)4-10(16)19-5-17-12(22)18-13(19)20;2-1-3/h2-5H,1H3;1H2. The third kappa shape index (κ3) is 3.68. The molecule has 3 aromatic rings. The lowest BCUT2D eigenvalue weighted by Crippen LogP contribution is -2.27. The zero-order valence-electron chi connectivity index (χ0n) is 12.5. The Morgan fingerprint density at radius 1 is 1.16 bits per heavy atom. The molecule has 25 heavy (non-hydrogen) atoms. The van der Waals surface area contributed by atoms with Crippen molar-refractivity contribution in [2.24, 2.45) is 0 Å². The highest BCUT2D eigenvalue weighted by Gasteiger charge is 2.16. The molecule has 0 radical (unpaired) electrons. The third-order valence-corrected chi connectivity index (χ3v) is 3.46. The van der Waals surface area contributed by atoms with Gasteiger partial charge in [0, 0.05) is 5.02 Å². The molecule has 3 rings (SSSR count). The van der Waals surface area contributed by atoms with Crippen molar-refractivity contribution in [3.8, 4) is 5.69 Å². The fourth-order valence-corrected chi connectivity index (χ4v) is 2.16. The average molecular weight is 377 g/mol. The van der Waals surface area contributed by atoms with Gasteiger partial charge < -0.3 is 0 Å². The van der Waals surface area contributed by atoms with Gasteiger partial charge in [0.05, 0.1) is 11.8 Å². The highest BCUT2D eigenvalue weighted by Crippen LogP contribution is 2.22. The summed E-state index contributed by atoms with van der Waals surface area (Å²) in [7, 11) is 0. The lowest BCUT2D eigenvalue weighted by Gasteiger charge is -2.12. The van der Waals surface area contributed by atoms with Gasteiger partial charge in [0.25, 0.3) is 5.56 Å². The summed E-state index contributed by atoms with van der Waals surface area (Å²) in [5.74, 6) is -2.16. The Labute approximate surface area is 142 Å². The fraction of sp³-hybridized carbons (Fsp3) is 0.143. The molecule has 0 amide bonds. The van der Waals surface area contributed by atoms with Crippen LogP contribution in [0.25, 0.3) is 11.5 Å². The van der Waals surface area contributed by atoms with Crippen molar-refractivity contribution in [2.75, 3.05) is 6.93 Å². The van der Waals surface area contributed by atoms with E-state index in [0.29, 0.717) is 11.6 Å². The summed E-state index contributed by atoms with van der Waals surface area (Å²) in [5.41, 5.74) is -1.49. The monoisotopic (exact) mass is 376 g/mol. The Morgan fingerprint density at radius 2 is 1.80 bits per heavy atom. The van der Waals surface area contributed by atoms with Crippen LogP contribution < -0.4 is 11.2 Å². The van der Waals surface area contributed by atoms with Gasteiger partial charge in [0.2, 0.25) is 18.7 Å². The van der Waals surface area contributed by atoms with E-state index in [1.54, 1.807) is 6.92 Å². The molecular weight excluding hydrogens is 368 g/mol. The number of nitrogens with zero attached hydrogens (tertiary/aromatic N) is 4. The van der Waals surface area contributed by atoms with Crippen LogP contribution in [-0.4, -0.2) is 25.9 Å². The van der Waals surface area contributed by atoms with Gasteiger partial charge in [-0.15, -0.1) is 0 Å². The molecule has 0 aliphatic carbocycles. The summed E-state index contributed by atoms with van der Waals surface area (Å²) in [4.78, 5) is 30.2. The molecule has 6 nitrogen and oxygen atoms in total. The van der Waals surface area contributed by atoms with Gasteiger partial charge in [-0.3, -0.25) is 4.79 Å². The number of hydrogen-bond acceptors (Lipinski definition) is 4. The maximum atomic E-state index is 14.2. The van der Waals surface area contributed by atoms with Crippen molar-refractivity contribution in [1.29, 1.82) is 0 Å². The van der Waals surface area contributed by atoms with Crippen molar-refractivity contribution < 1.29 is 17.6 Å². The molecule has 0 fully saturated rings. The maximum Gasteiger partial charge on any atom is 0.371 e. The predicted molar refractivity (Wildman–Crippen MR) is 81.6 cm³/mol. The SMILES string of the molecule is Cc1cc(-n2c(=O)cc(F)n3cnc(=O)nc23)c(F)cc1Cl.FCF. The van der Waals surface area contributed by atoms with E-state index < -0.39 is 29.9 Å². The number of hydrogen-bond donors (Lipinski definition) is 0. The molecule has 0 unspecified atom stereocenters. The number of benzene rings is 1. The summed E-state index contributed by atoms with van der Waals surface area (Å²) in [6.07, 6.45) is 0.872. The molecule has 0 aliphatic rings. The van der Waals surface area contributed by atoms with Gasteiger partial charge in [-0.25, -0.2) is 26.9 Å². The first kappa shape index (κ1) is 18.6. The van der Waals surface area contributed by atoms with Gasteiger partial charge in [0.15, 0.2) is 0 Å². The van der Waals surface area contributed by atoms with E-state index in [4.69, 9.17) is 11.6 Å². The van der Waals surface area contributed by atoms with Crippen LogP contribution in [0.15, 0.2) is 34.1 Å². The normalized spacial score (nSPS) is 10.5. The van der Waals surface area contributed by atoms with Gasteiger partial charge in [0.1, 0.15) is 12.1 Å². The number of rotatable bonds is 1. The molecule has 0 N–H and O–H groups in total. The highest BCUT2D eigenvalue weighted by molar-refractivity contribution is 6.31. The van der Waals surface area contributed by atoms with Crippen LogP contribution in [0.3, 0.4) is 0 Å². The second kappa shape index (κ2) is 7.43. The molecule has 0 saturated heterocycles. The van der Waals surface area contributed by atoms with Gasteiger partial charge in [-0.05, 0) is 24.6 Å². The molecule has 132 valence electrons. The van der Waals surface area contributed by atoms with Gasteiger partial charge in [-0.1, -0.05) is 11.6 Å². The van der Waals surface area contributed by atoms with Crippen LogP contribution >= 0.6 is 11.6 Å². The molecular formula is C14H9ClF4N4O2. The number of halogens is 5. The van der Waals surface area contributed by atoms with Gasteiger partial charge >= 0.3 is 5.69 Å². The summed E-state index contributed by atoms with van der Waals surface area (Å²) in [5, 5.41) is 0.174. The minimum atomic E-state index is -1.75. The van der Waals surface area contributed by atoms with Crippen LogP contribution in [0.1, 0.15) is 5.56 Å². The second-order valence-electron chi connectivity index (χ2n) is 4.60. The number of aryl methyl sites for hydroxylation is 1. The molecule has 2 heterocycles. The number of aromatic nitrogens is 4. The van der Waals surface area contributed by atoms with Crippen molar-refractivity contribution >= 4 is 17.4 Å². The summed E-state index contributed by atoms with van der Waals surface area (Å²) in [6.45, 7) is -0.136. The molecule has 0 atom stereocenters. The Kier molecular flexibility index (Phi) is 5.52. The molecule has 0 saturated carbocycles. The molecule has 1 aromatic carbocycles. The molecule has 0 spiro atoms. The van der Waals surface area contributed by atoms with Crippen molar-refractivity contribution in [3.63, 3.8) is 0 Å². The summed E-state index contributed by atoms with van der Waals surface area (Å²) in [6, 6.07) is 2.98. The summed E-state index contributed by atoms with van der Waals surface area (Å²) < 4.78 is 48.7. The minimum absolute atomic E-state index is 0.174. The zero-order chi connectivity index (χ0) is 18.7. The van der Waals surface area contributed by atoms with Crippen LogP contribution in [0.5, 0.6) is 0 Å². The molecule has 0 bridgehead atoms. The lowest BCUT2D eigenvalue weighted by molar-refractivity contribution is 0.295. The molecule has 2 aromatic heterocycles. The van der Waals surface area contributed by atoms with Crippen molar-refractivity contribution in [2.45, 2.75) is 6.92 Å². The zero-order valence-corrected chi connectivity index (χ0v) is 13.3. The first-order chi connectivity index (χ1) is 11.8. The Balaban J connectivity index is 0.000000701. The predicted octanol–water partition coefficient (Wildman–Crippen LogP) is 2.36. The van der Waals surface area contributed by atoms with E-state index in [1.807, 2.05) is 0 Å². The number of alkyl halides is 2. The Morgan fingerprint density at radius 3 is 2.44 bits per heavy atom. The maximum absolute atomic E-state index is 14.2. The van der Waals surface area contributed by atoms with E-state index in [0.717, 1.165) is 21.4 Å². The first-order valence-electron chi connectivity index (χ1n) is 6.55. The third-order valence-electron chi connectivity index (χ3n) is 3.06. The lowest BCUT2D eigenvalue weighted by atomic mass is 10.2. The summed E-state index contributed by atoms with van der Waals surface area (Å²) >= 11 is 5.81. The fourth-order valence-electron chi connectivity index (χ4n) is 2.01. The number of fused-ring (bicyclic) bond motifs is 1. The van der Waals surface area contributed by atoms with E-state index in [1.165, 1.54) is 6.07 Å². The molecule has 11 heteroatoms. The smallest absolute Gasteiger partial charge is 0.269 e. The largest absolute Gasteiger partial charge is 0.371 e. The quantitative estimate of drug-likeness (QED) is 0.483. The highest BCUT2D eigenvalue weighted by atomic mass is 35.5. The first-order valence-corrected chi connectivity index (χ1v) is 6.92. The average Bonchev–Trinajstić information content (AvgIpc) is 2.52. The van der Waals surface area contributed by atoms with Crippen LogP contribution in [0, 0.1) is 18.7 Å². The van der Waals surface area contributed by atoms with Crippen LogP contribution in [-0.2, 0) is 0 Å². The minimum Gasteiger partial charge on any atom is -0.269 e. The Bertz CT molecular complexity index is 1050. The van der Waals surface area contributed by atoms with Crippen LogP contribution in [0.4, 0.5) is 17.6 Å².